The van der Waals surface area contributed by atoms with Gasteiger partial charge in [0.25, 0.3) is 9.05 Å². The zero-order chi connectivity index (χ0) is 13.5. The number of hydrogen-bond acceptors (Lipinski definition) is 5. The van der Waals surface area contributed by atoms with Gasteiger partial charge in [-0.15, -0.1) is 0 Å². The van der Waals surface area contributed by atoms with E-state index in [1.807, 2.05) is 0 Å². The average Bonchev–Trinajstić information content (AvgIpc) is 2.97. The van der Waals surface area contributed by atoms with E-state index in [-0.39, 0.29) is 10.9 Å². The summed E-state index contributed by atoms with van der Waals surface area (Å²) in [5.74, 6) is -0.168. The number of halogens is 1. The van der Waals surface area contributed by atoms with Gasteiger partial charge >= 0.3 is 5.97 Å². The van der Waals surface area contributed by atoms with Gasteiger partial charge in [0.2, 0.25) is 0 Å². The van der Waals surface area contributed by atoms with Crippen LogP contribution in [0.25, 0.3) is 0 Å². The van der Waals surface area contributed by atoms with Crippen LogP contribution in [0.5, 0.6) is 0 Å². The predicted molar refractivity (Wildman–Crippen MR) is 63.5 cm³/mol. The molecular formula is C10H13ClN2O4S. The number of esters is 1. The van der Waals surface area contributed by atoms with E-state index in [9.17, 15) is 13.2 Å². The lowest BCUT2D eigenvalue weighted by Gasteiger charge is -2.16. The third kappa shape index (κ3) is 2.84. The standard InChI is InChI=1S/C10H13ClN2O4S/c1-6(14)17-10(7-3-4-7)8-5-9(12-13(8)2)18(11,15)16/h5,7,10H,3-4H2,1-2H3. The average molecular weight is 293 g/mol. The maximum absolute atomic E-state index is 11.2. The Morgan fingerprint density at radius 3 is 2.61 bits per heavy atom. The van der Waals surface area contributed by atoms with Gasteiger partial charge < -0.3 is 4.74 Å². The van der Waals surface area contributed by atoms with Crippen molar-refractivity contribution in [2.75, 3.05) is 0 Å². The van der Waals surface area contributed by atoms with Crippen LogP contribution in [0.15, 0.2) is 11.1 Å². The fourth-order valence-corrected chi connectivity index (χ4v) is 2.52. The van der Waals surface area contributed by atoms with Gasteiger partial charge in [0, 0.05) is 36.6 Å². The molecular weight excluding hydrogens is 280 g/mol. The van der Waals surface area contributed by atoms with Crippen LogP contribution in [0, 0.1) is 5.92 Å². The smallest absolute Gasteiger partial charge is 0.303 e. The minimum Gasteiger partial charge on any atom is -0.456 e. The molecule has 1 saturated carbocycles. The van der Waals surface area contributed by atoms with Crippen LogP contribution >= 0.6 is 10.7 Å². The molecule has 1 heterocycles. The summed E-state index contributed by atoms with van der Waals surface area (Å²) in [7, 11) is 2.96. The van der Waals surface area contributed by atoms with Crippen molar-refractivity contribution >= 4 is 25.7 Å². The summed E-state index contributed by atoms with van der Waals surface area (Å²) in [4.78, 5) is 11.1. The van der Waals surface area contributed by atoms with Crippen molar-refractivity contribution in [2.24, 2.45) is 13.0 Å². The fourth-order valence-electron chi connectivity index (χ4n) is 1.82. The number of aromatic nitrogens is 2. The van der Waals surface area contributed by atoms with Gasteiger partial charge in [0.05, 0.1) is 5.69 Å². The Kier molecular flexibility index (Phi) is 3.37. The van der Waals surface area contributed by atoms with Gasteiger partial charge in [0.1, 0.15) is 6.10 Å². The maximum atomic E-state index is 11.2. The van der Waals surface area contributed by atoms with Crippen molar-refractivity contribution in [2.45, 2.75) is 30.9 Å². The Balaban J connectivity index is 2.36. The first-order valence-electron chi connectivity index (χ1n) is 5.45. The minimum atomic E-state index is -3.87. The molecule has 0 aliphatic heterocycles. The second-order valence-electron chi connectivity index (χ2n) is 4.34. The summed E-state index contributed by atoms with van der Waals surface area (Å²) < 4.78 is 29.0. The molecule has 1 aromatic rings. The van der Waals surface area contributed by atoms with E-state index < -0.39 is 21.1 Å². The highest BCUT2D eigenvalue weighted by molar-refractivity contribution is 8.13. The van der Waals surface area contributed by atoms with Crippen LogP contribution in [0.1, 0.15) is 31.6 Å². The predicted octanol–water partition coefficient (Wildman–Crippen LogP) is 1.36. The lowest BCUT2D eigenvalue weighted by molar-refractivity contribution is -0.148. The molecule has 0 N–H and O–H groups in total. The molecule has 18 heavy (non-hydrogen) atoms. The molecule has 1 aromatic heterocycles. The maximum Gasteiger partial charge on any atom is 0.303 e. The minimum absolute atomic E-state index is 0.223. The van der Waals surface area contributed by atoms with Crippen LogP contribution in [0.3, 0.4) is 0 Å². The van der Waals surface area contributed by atoms with Crippen molar-refractivity contribution in [1.29, 1.82) is 0 Å². The van der Waals surface area contributed by atoms with E-state index in [4.69, 9.17) is 15.4 Å². The van der Waals surface area contributed by atoms with Gasteiger partial charge in [0.15, 0.2) is 5.03 Å². The van der Waals surface area contributed by atoms with Crippen molar-refractivity contribution in [3.63, 3.8) is 0 Å². The Bertz CT molecular complexity index is 577. The molecule has 1 atom stereocenters. The van der Waals surface area contributed by atoms with Crippen LogP contribution in [0.4, 0.5) is 0 Å². The number of ether oxygens (including phenoxy) is 1. The summed E-state index contributed by atoms with van der Waals surface area (Å²) in [5, 5.41) is 3.60. The molecule has 8 heteroatoms. The van der Waals surface area contributed by atoms with E-state index >= 15 is 0 Å². The third-order valence-corrected chi connectivity index (χ3v) is 3.95. The number of hydrogen-bond donors (Lipinski definition) is 0. The molecule has 1 fully saturated rings. The first-order chi connectivity index (χ1) is 8.29. The molecule has 0 radical (unpaired) electrons. The molecule has 1 aliphatic rings. The number of carbonyl (C=O) groups is 1. The Hall–Kier alpha value is -1.08. The van der Waals surface area contributed by atoms with Crippen molar-refractivity contribution in [3.05, 3.63) is 11.8 Å². The summed E-state index contributed by atoms with van der Waals surface area (Å²) in [6.07, 6.45) is 1.45. The first-order valence-corrected chi connectivity index (χ1v) is 7.76. The number of aryl methyl sites for hydroxylation is 1. The van der Waals surface area contributed by atoms with E-state index in [2.05, 4.69) is 5.10 Å². The van der Waals surface area contributed by atoms with E-state index in [0.717, 1.165) is 12.8 Å². The number of rotatable bonds is 4. The summed E-state index contributed by atoms with van der Waals surface area (Å²) >= 11 is 0. The topological polar surface area (TPSA) is 78.3 Å². The lowest BCUT2D eigenvalue weighted by Crippen LogP contribution is -2.14. The molecule has 1 unspecified atom stereocenters. The van der Waals surface area contributed by atoms with Crippen molar-refractivity contribution in [3.8, 4) is 0 Å². The zero-order valence-electron chi connectivity index (χ0n) is 9.96. The largest absolute Gasteiger partial charge is 0.456 e. The quantitative estimate of drug-likeness (QED) is 0.618. The normalized spacial score (nSPS) is 17.5. The molecule has 1 aliphatic carbocycles. The van der Waals surface area contributed by atoms with E-state index in [0.29, 0.717) is 5.69 Å². The van der Waals surface area contributed by atoms with Gasteiger partial charge in [-0.25, -0.2) is 8.42 Å². The van der Waals surface area contributed by atoms with Crippen molar-refractivity contribution < 1.29 is 17.9 Å². The van der Waals surface area contributed by atoms with Gasteiger partial charge in [-0.3, -0.25) is 9.48 Å². The molecule has 0 bridgehead atoms. The third-order valence-electron chi connectivity index (χ3n) is 2.78. The van der Waals surface area contributed by atoms with Crippen LogP contribution in [-0.2, 0) is 25.6 Å². The van der Waals surface area contributed by atoms with Crippen LogP contribution in [-0.4, -0.2) is 24.2 Å². The molecule has 0 spiro atoms. The first kappa shape index (κ1) is 13.4. The number of nitrogens with zero attached hydrogens (tertiary/aromatic N) is 2. The molecule has 2 rings (SSSR count). The Labute approximate surface area is 109 Å². The summed E-state index contributed by atoms with van der Waals surface area (Å²) in [6.45, 7) is 1.32. The second-order valence-corrected chi connectivity index (χ2v) is 6.85. The molecule has 0 amide bonds. The van der Waals surface area contributed by atoms with Gasteiger partial charge in [-0.05, 0) is 12.8 Å². The van der Waals surface area contributed by atoms with Crippen LogP contribution in [0.2, 0.25) is 0 Å². The fraction of sp³-hybridized carbons (Fsp3) is 0.600. The zero-order valence-corrected chi connectivity index (χ0v) is 11.5. The molecule has 0 saturated heterocycles. The second kappa shape index (κ2) is 4.55. The summed E-state index contributed by atoms with van der Waals surface area (Å²) in [6, 6.07) is 1.36. The Morgan fingerprint density at radius 1 is 1.61 bits per heavy atom. The molecule has 100 valence electrons. The van der Waals surface area contributed by atoms with Crippen LogP contribution < -0.4 is 0 Å². The van der Waals surface area contributed by atoms with Crippen molar-refractivity contribution in [1.82, 2.24) is 9.78 Å². The van der Waals surface area contributed by atoms with E-state index in [1.165, 1.54) is 17.7 Å². The van der Waals surface area contributed by atoms with Gasteiger partial charge in [-0.2, -0.15) is 5.10 Å². The molecule has 0 aromatic carbocycles. The van der Waals surface area contributed by atoms with E-state index in [1.54, 1.807) is 7.05 Å². The lowest BCUT2D eigenvalue weighted by atomic mass is 10.1. The SMILES string of the molecule is CC(=O)OC(c1cc(S(=O)(=O)Cl)nn1C)C1CC1. The highest BCUT2D eigenvalue weighted by Gasteiger charge is 2.37. The van der Waals surface area contributed by atoms with Gasteiger partial charge in [-0.1, -0.05) is 0 Å². The molecule has 6 nitrogen and oxygen atoms in total. The highest BCUT2D eigenvalue weighted by Crippen LogP contribution is 2.43. The number of carbonyl (C=O) groups excluding carboxylic acids is 1. The monoisotopic (exact) mass is 292 g/mol. The highest BCUT2D eigenvalue weighted by atomic mass is 35.7. The summed E-state index contributed by atoms with van der Waals surface area (Å²) in [5.41, 5.74) is 0.548. The Morgan fingerprint density at radius 2 is 2.22 bits per heavy atom.